The van der Waals surface area contributed by atoms with Crippen molar-refractivity contribution in [3.8, 4) is 17.2 Å². The van der Waals surface area contributed by atoms with Crippen LogP contribution < -0.4 is 14.8 Å². The zero-order chi connectivity index (χ0) is 20.1. The van der Waals surface area contributed by atoms with Gasteiger partial charge in [0.05, 0.1) is 17.1 Å². The van der Waals surface area contributed by atoms with Gasteiger partial charge < -0.3 is 14.8 Å². The molecule has 0 radical (unpaired) electrons. The van der Waals surface area contributed by atoms with Crippen LogP contribution in [0.3, 0.4) is 0 Å². The number of carbonyl (C=O) groups is 1. The predicted molar refractivity (Wildman–Crippen MR) is 112 cm³/mol. The Labute approximate surface area is 173 Å². The minimum absolute atomic E-state index is 0.174. The van der Waals surface area contributed by atoms with Crippen LogP contribution in [-0.4, -0.2) is 10.8 Å². The van der Waals surface area contributed by atoms with Crippen LogP contribution in [0.1, 0.15) is 27.3 Å². The lowest BCUT2D eigenvalue weighted by molar-refractivity contribution is 0.102. The van der Waals surface area contributed by atoms with Crippen LogP contribution in [0.25, 0.3) is 6.08 Å². The molecule has 0 amide bonds. The quantitative estimate of drug-likeness (QED) is 0.498. The molecule has 3 aromatic rings. The fourth-order valence-corrected chi connectivity index (χ4v) is 3.81. The molecule has 3 aliphatic rings. The van der Waals surface area contributed by atoms with Gasteiger partial charge in [0, 0.05) is 17.5 Å². The van der Waals surface area contributed by atoms with E-state index in [1.54, 1.807) is 12.1 Å². The Kier molecular flexibility index (Phi) is 3.62. The molecule has 0 fully saturated rings. The van der Waals surface area contributed by atoms with Gasteiger partial charge in [-0.15, -0.1) is 0 Å². The zero-order valence-electron chi connectivity index (χ0n) is 15.9. The number of para-hydroxylation sites is 2. The maximum Gasteiger partial charge on any atom is 0.227 e. The number of benzene rings is 2. The van der Waals surface area contributed by atoms with Crippen LogP contribution in [0.5, 0.6) is 17.2 Å². The summed E-state index contributed by atoms with van der Waals surface area (Å²) in [4.78, 5) is 17.7. The Morgan fingerprint density at radius 1 is 0.867 bits per heavy atom. The first-order chi connectivity index (χ1) is 14.7. The minimum Gasteiger partial charge on any atom is -0.455 e. The smallest absolute Gasteiger partial charge is 0.227 e. The van der Waals surface area contributed by atoms with Gasteiger partial charge >= 0.3 is 0 Å². The fraction of sp³-hybridized carbons (Fsp3) is 0.0400. The second-order valence-electron chi connectivity index (χ2n) is 7.29. The van der Waals surface area contributed by atoms with Gasteiger partial charge in [0.2, 0.25) is 5.78 Å². The van der Waals surface area contributed by atoms with E-state index >= 15 is 0 Å². The van der Waals surface area contributed by atoms with Crippen LogP contribution in [0, 0.1) is 0 Å². The number of ketones is 1. The zero-order valence-corrected chi connectivity index (χ0v) is 15.9. The van der Waals surface area contributed by atoms with Gasteiger partial charge in [-0.1, -0.05) is 36.4 Å². The average molecular weight is 392 g/mol. The first-order valence-electron chi connectivity index (χ1n) is 9.73. The summed E-state index contributed by atoms with van der Waals surface area (Å²) in [6, 6.07) is 19.2. The minimum atomic E-state index is -0.174. The molecule has 5 nitrogen and oxygen atoms in total. The number of rotatable bonds is 2. The molecule has 4 heterocycles. The van der Waals surface area contributed by atoms with Gasteiger partial charge in [-0.05, 0) is 42.5 Å². The lowest BCUT2D eigenvalue weighted by Crippen LogP contribution is -2.27. The average Bonchev–Trinajstić information content (AvgIpc) is 2.80. The number of fused-ring (bicyclic) bond motifs is 4. The highest BCUT2D eigenvalue weighted by atomic mass is 16.5. The van der Waals surface area contributed by atoms with Gasteiger partial charge in [0.15, 0.2) is 5.76 Å². The molecule has 144 valence electrons. The Morgan fingerprint density at radius 2 is 1.70 bits per heavy atom. The van der Waals surface area contributed by atoms with Gasteiger partial charge in [-0.2, -0.15) is 0 Å². The normalized spacial score (nSPS) is 15.4. The Morgan fingerprint density at radius 3 is 2.63 bits per heavy atom. The van der Waals surface area contributed by atoms with E-state index in [-0.39, 0.29) is 5.78 Å². The van der Waals surface area contributed by atoms with Crippen molar-refractivity contribution in [2.45, 2.75) is 6.42 Å². The number of allylic oxidation sites excluding steroid dienone is 3. The summed E-state index contributed by atoms with van der Waals surface area (Å²) in [5, 5.41) is 3.20. The molecular formula is C25H16N2O3. The Balaban J connectivity index is 1.29. The second kappa shape index (κ2) is 6.46. The maximum atomic E-state index is 13.1. The summed E-state index contributed by atoms with van der Waals surface area (Å²) >= 11 is 0. The van der Waals surface area contributed by atoms with Gasteiger partial charge in [-0.25, -0.2) is 4.98 Å². The van der Waals surface area contributed by atoms with E-state index in [9.17, 15) is 4.79 Å². The molecule has 0 atom stereocenters. The molecular weight excluding hydrogens is 376 g/mol. The third-order valence-electron chi connectivity index (χ3n) is 5.34. The van der Waals surface area contributed by atoms with Crippen LogP contribution in [0.2, 0.25) is 0 Å². The molecule has 1 aromatic heterocycles. The summed E-state index contributed by atoms with van der Waals surface area (Å²) in [7, 11) is 0. The molecule has 5 heteroatoms. The third kappa shape index (κ3) is 2.71. The van der Waals surface area contributed by atoms with E-state index in [4.69, 9.17) is 9.47 Å². The number of hydrogen-bond acceptors (Lipinski definition) is 5. The molecule has 3 aliphatic heterocycles. The summed E-state index contributed by atoms with van der Waals surface area (Å²) in [6.45, 7) is 0. The number of nitrogens with zero attached hydrogens (tertiary/aromatic N) is 1. The van der Waals surface area contributed by atoms with Crippen molar-refractivity contribution in [2.24, 2.45) is 0 Å². The first kappa shape index (κ1) is 16.8. The molecule has 0 unspecified atom stereocenters. The maximum absolute atomic E-state index is 13.1. The molecule has 0 spiro atoms. The standard InChI is InChI=1S/C25H16N2O3/c28-25(17-9-11-23-19(26-17)13-15-5-1-3-7-21(15)29-23)18-10-12-24-20(27-18)14-16-6-2-4-8-22(16)30-24/h1-13,26H,14H2. The van der Waals surface area contributed by atoms with Crippen molar-refractivity contribution in [1.29, 1.82) is 0 Å². The van der Waals surface area contributed by atoms with Crippen LogP contribution in [0.15, 0.2) is 90.0 Å². The van der Waals surface area contributed by atoms with E-state index in [1.165, 1.54) is 0 Å². The molecule has 0 saturated heterocycles. The highest BCUT2D eigenvalue weighted by molar-refractivity contribution is 6.08. The first-order valence-corrected chi connectivity index (χ1v) is 9.73. The summed E-state index contributed by atoms with van der Waals surface area (Å²) in [5.41, 5.74) is 4.39. The lowest BCUT2D eigenvalue weighted by Gasteiger charge is -2.25. The number of ether oxygens (including phenoxy) is 2. The number of carbonyl (C=O) groups excluding carboxylic acids is 1. The van der Waals surface area contributed by atoms with Crippen LogP contribution >= 0.6 is 0 Å². The molecule has 0 aliphatic carbocycles. The second-order valence-corrected chi connectivity index (χ2v) is 7.29. The largest absolute Gasteiger partial charge is 0.455 e. The molecule has 6 rings (SSSR count). The van der Waals surface area contributed by atoms with Gasteiger partial charge in [0.1, 0.15) is 22.9 Å². The highest BCUT2D eigenvalue weighted by Gasteiger charge is 2.25. The third-order valence-corrected chi connectivity index (χ3v) is 5.34. The molecule has 0 saturated carbocycles. The molecule has 30 heavy (non-hydrogen) atoms. The van der Waals surface area contributed by atoms with Crippen molar-refractivity contribution in [2.75, 3.05) is 0 Å². The predicted octanol–water partition coefficient (Wildman–Crippen LogP) is 4.77. The summed E-state index contributed by atoms with van der Waals surface area (Å²) in [5.74, 6) is 2.84. The number of aromatic nitrogens is 1. The van der Waals surface area contributed by atoms with E-state index in [2.05, 4.69) is 10.3 Å². The van der Waals surface area contributed by atoms with Crippen molar-refractivity contribution >= 4 is 11.9 Å². The fourth-order valence-electron chi connectivity index (χ4n) is 3.81. The molecule has 2 aromatic carbocycles. The van der Waals surface area contributed by atoms with E-state index in [0.29, 0.717) is 29.3 Å². The van der Waals surface area contributed by atoms with E-state index in [0.717, 1.165) is 34.0 Å². The topological polar surface area (TPSA) is 60.5 Å². The number of Topliss-reactive ketones (excluding diaryl/α,β-unsaturated/α-hetero) is 1. The summed E-state index contributed by atoms with van der Waals surface area (Å²) < 4.78 is 11.8. The number of nitrogens with one attached hydrogen (secondary N) is 1. The van der Waals surface area contributed by atoms with Gasteiger partial charge in [-0.3, -0.25) is 4.79 Å². The summed E-state index contributed by atoms with van der Waals surface area (Å²) in [6.07, 6.45) is 6.16. The molecule has 1 N–H and O–H groups in total. The number of dihydropyridines is 1. The van der Waals surface area contributed by atoms with Crippen LogP contribution in [-0.2, 0) is 6.42 Å². The SMILES string of the molecule is O=C(C1=CC=C2Oc3ccccc3C=C2N1)c1ccc2c(n1)Cc1ccccc1O2. The van der Waals surface area contributed by atoms with Crippen molar-refractivity contribution in [3.05, 3.63) is 112 Å². The van der Waals surface area contributed by atoms with Crippen molar-refractivity contribution in [3.63, 3.8) is 0 Å². The van der Waals surface area contributed by atoms with E-state index < -0.39 is 0 Å². The van der Waals surface area contributed by atoms with E-state index in [1.807, 2.05) is 66.7 Å². The Bertz CT molecular complexity index is 1320. The van der Waals surface area contributed by atoms with Crippen molar-refractivity contribution < 1.29 is 14.3 Å². The number of pyridine rings is 1. The number of hydrogen-bond donors (Lipinski definition) is 1. The lowest BCUT2D eigenvalue weighted by atomic mass is 10.0. The monoisotopic (exact) mass is 392 g/mol. The van der Waals surface area contributed by atoms with Crippen molar-refractivity contribution in [1.82, 2.24) is 10.3 Å². The molecule has 0 bridgehead atoms. The van der Waals surface area contributed by atoms with Crippen LogP contribution in [0.4, 0.5) is 0 Å². The highest BCUT2D eigenvalue weighted by Crippen LogP contribution is 2.36. The van der Waals surface area contributed by atoms with Gasteiger partial charge in [0.25, 0.3) is 0 Å². The Hall–Kier alpha value is -4.12.